The third-order valence-corrected chi connectivity index (χ3v) is 4.28. The second kappa shape index (κ2) is 6.46. The second-order valence-electron chi connectivity index (χ2n) is 3.71. The molecule has 0 saturated carbocycles. The molecule has 1 aromatic rings. The van der Waals surface area contributed by atoms with Gasteiger partial charge in [-0.15, -0.1) is 0 Å². The molecule has 0 radical (unpaired) electrons. The molecule has 0 aliphatic rings. The van der Waals surface area contributed by atoms with Crippen LogP contribution in [0.5, 0.6) is 0 Å². The predicted molar refractivity (Wildman–Crippen MR) is 66.4 cm³/mol. The number of nitrogens with zero attached hydrogens (tertiary/aromatic N) is 2. The first-order valence-electron chi connectivity index (χ1n) is 5.55. The predicted octanol–water partition coefficient (Wildman–Crippen LogP) is 0.708. The molecule has 7 heteroatoms. The SMILES string of the molecule is CCN(Cc1ccccn1)S(=O)(=O)CCC(=O)O. The van der Waals surface area contributed by atoms with E-state index in [0.29, 0.717) is 12.2 Å². The van der Waals surface area contributed by atoms with E-state index < -0.39 is 16.0 Å². The topological polar surface area (TPSA) is 87.6 Å². The van der Waals surface area contributed by atoms with Crippen LogP contribution in [-0.4, -0.2) is 41.1 Å². The average molecular weight is 272 g/mol. The Bertz CT molecular complexity index is 487. The standard InChI is InChI=1S/C11H16N2O4S/c1-2-13(9-10-5-3-4-7-12-10)18(16,17)8-6-11(14)15/h3-5,7H,2,6,8-9H2,1H3,(H,14,15). The van der Waals surface area contributed by atoms with Crippen LogP contribution in [0.1, 0.15) is 19.0 Å². The van der Waals surface area contributed by atoms with Crippen molar-refractivity contribution in [2.75, 3.05) is 12.3 Å². The largest absolute Gasteiger partial charge is 0.481 e. The summed E-state index contributed by atoms with van der Waals surface area (Å²) in [6.07, 6.45) is 1.20. The number of aliphatic carboxylic acids is 1. The molecule has 0 bridgehead atoms. The average Bonchev–Trinajstić information content (AvgIpc) is 2.34. The van der Waals surface area contributed by atoms with Crippen LogP contribution in [0.4, 0.5) is 0 Å². The molecular formula is C11H16N2O4S. The molecule has 1 N–H and O–H groups in total. The minimum Gasteiger partial charge on any atom is -0.481 e. The summed E-state index contributed by atoms with van der Waals surface area (Å²) in [6.45, 7) is 2.17. The van der Waals surface area contributed by atoms with E-state index in [9.17, 15) is 13.2 Å². The van der Waals surface area contributed by atoms with Crippen molar-refractivity contribution in [1.82, 2.24) is 9.29 Å². The number of hydrogen-bond acceptors (Lipinski definition) is 4. The number of carboxylic acid groups (broad SMARTS) is 1. The zero-order chi connectivity index (χ0) is 13.6. The molecule has 0 saturated heterocycles. The van der Waals surface area contributed by atoms with Gasteiger partial charge in [0.15, 0.2) is 0 Å². The summed E-state index contributed by atoms with van der Waals surface area (Å²) >= 11 is 0. The molecule has 0 aromatic carbocycles. The Morgan fingerprint density at radius 3 is 2.67 bits per heavy atom. The fourth-order valence-corrected chi connectivity index (χ4v) is 2.84. The van der Waals surface area contributed by atoms with Crippen molar-refractivity contribution in [2.45, 2.75) is 19.9 Å². The first-order valence-corrected chi connectivity index (χ1v) is 7.16. The molecular weight excluding hydrogens is 256 g/mol. The number of hydrogen-bond donors (Lipinski definition) is 1. The normalized spacial score (nSPS) is 11.7. The number of carbonyl (C=O) groups is 1. The van der Waals surface area contributed by atoms with Crippen LogP contribution in [0.2, 0.25) is 0 Å². The minimum absolute atomic E-state index is 0.166. The van der Waals surface area contributed by atoms with Gasteiger partial charge in [-0.05, 0) is 12.1 Å². The van der Waals surface area contributed by atoms with E-state index in [-0.39, 0.29) is 18.7 Å². The number of carboxylic acids is 1. The molecule has 0 spiro atoms. The van der Waals surface area contributed by atoms with Crippen LogP contribution in [-0.2, 0) is 21.4 Å². The second-order valence-corrected chi connectivity index (χ2v) is 5.80. The van der Waals surface area contributed by atoms with Crippen molar-refractivity contribution < 1.29 is 18.3 Å². The first kappa shape index (κ1) is 14.6. The molecule has 1 heterocycles. The van der Waals surface area contributed by atoms with Gasteiger partial charge in [0, 0.05) is 12.7 Å². The molecule has 100 valence electrons. The monoisotopic (exact) mass is 272 g/mol. The summed E-state index contributed by atoms with van der Waals surface area (Å²) in [4.78, 5) is 14.5. The summed E-state index contributed by atoms with van der Waals surface area (Å²) in [5, 5.41) is 8.53. The van der Waals surface area contributed by atoms with Crippen molar-refractivity contribution in [3.05, 3.63) is 30.1 Å². The molecule has 0 aliphatic carbocycles. The summed E-state index contributed by atoms with van der Waals surface area (Å²) in [7, 11) is -3.55. The van der Waals surface area contributed by atoms with Gasteiger partial charge >= 0.3 is 5.97 Å². The Hall–Kier alpha value is -1.47. The molecule has 1 rings (SSSR count). The maximum Gasteiger partial charge on any atom is 0.304 e. The van der Waals surface area contributed by atoms with Gasteiger partial charge in [0.05, 0.1) is 24.4 Å². The molecule has 0 fully saturated rings. The van der Waals surface area contributed by atoms with Gasteiger partial charge in [-0.1, -0.05) is 13.0 Å². The Morgan fingerprint density at radius 2 is 2.17 bits per heavy atom. The van der Waals surface area contributed by atoms with Gasteiger partial charge in [0.2, 0.25) is 10.0 Å². The maximum absolute atomic E-state index is 11.9. The lowest BCUT2D eigenvalue weighted by molar-refractivity contribution is -0.136. The lowest BCUT2D eigenvalue weighted by Gasteiger charge is -2.19. The van der Waals surface area contributed by atoms with Crippen LogP contribution in [0.25, 0.3) is 0 Å². The van der Waals surface area contributed by atoms with Gasteiger partial charge in [-0.2, -0.15) is 4.31 Å². The maximum atomic E-state index is 11.9. The zero-order valence-corrected chi connectivity index (χ0v) is 10.9. The van der Waals surface area contributed by atoms with E-state index in [0.717, 1.165) is 0 Å². The summed E-state index contributed by atoms with van der Waals surface area (Å²) in [5.41, 5.74) is 0.637. The number of rotatable bonds is 7. The van der Waals surface area contributed by atoms with E-state index in [2.05, 4.69) is 4.98 Å². The Labute approximate surface area is 106 Å². The minimum atomic E-state index is -3.55. The van der Waals surface area contributed by atoms with Crippen LogP contribution >= 0.6 is 0 Å². The Morgan fingerprint density at radius 1 is 1.44 bits per heavy atom. The fraction of sp³-hybridized carbons (Fsp3) is 0.455. The fourth-order valence-electron chi connectivity index (χ4n) is 1.42. The first-order chi connectivity index (χ1) is 8.45. The van der Waals surface area contributed by atoms with E-state index >= 15 is 0 Å². The molecule has 0 amide bonds. The summed E-state index contributed by atoms with van der Waals surface area (Å²) < 4.78 is 25.0. The lowest BCUT2D eigenvalue weighted by Crippen LogP contribution is -2.33. The van der Waals surface area contributed by atoms with Crippen molar-refractivity contribution in [2.24, 2.45) is 0 Å². The van der Waals surface area contributed by atoms with Gasteiger partial charge in [0.1, 0.15) is 0 Å². The van der Waals surface area contributed by atoms with E-state index in [4.69, 9.17) is 5.11 Å². The highest BCUT2D eigenvalue weighted by Crippen LogP contribution is 2.08. The van der Waals surface area contributed by atoms with Crippen molar-refractivity contribution in [3.63, 3.8) is 0 Å². The lowest BCUT2D eigenvalue weighted by atomic mass is 10.3. The Kier molecular flexibility index (Phi) is 5.24. The number of aromatic nitrogens is 1. The molecule has 0 unspecified atom stereocenters. The van der Waals surface area contributed by atoms with Crippen LogP contribution < -0.4 is 0 Å². The third-order valence-electron chi connectivity index (χ3n) is 2.38. The molecule has 18 heavy (non-hydrogen) atoms. The molecule has 1 aromatic heterocycles. The van der Waals surface area contributed by atoms with Crippen molar-refractivity contribution in [3.8, 4) is 0 Å². The quantitative estimate of drug-likeness (QED) is 0.789. The van der Waals surface area contributed by atoms with Gasteiger partial charge in [-0.25, -0.2) is 8.42 Å². The van der Waals surface area contributed by atoms with Crippen LogP contribution in [0.15, 0.2) is 24.4 Å². The third kappa shape index (κ3) is 4.42. The van der Waals surface area contributed by atoms with E-state index in [1.165, 1.54) is 4.31 Å². The molecule has 0 aliphatic heterocycles. The van der Waals surface area contributed by atoms with Crippen molar-refractivity contribution >= 4 is 16.0 Å². The van der Waals surface area contributed by atoms with Crippen LogP contribution in [0, 0.1) is 0 Å². The zero-order valence-electron chi connectivity index (χ0n) is 10.1. The van der Waals surface area contributed by atoms with Gasteiger partial charge < -0.3 is 5.11 Å². The highest BCUT2D eigenvalue weighted by Gasteiger charge is 2.21. The van der Waals surface area contributed by atoms with E-state index in [1.54, 1.807) is 31.3 Å². The summed E-state index contributed by atoms with van der Waals surface area (Å²) in [5.74, 6) is -1.50. The molecule has 0 atom stereocenters. The molecule has 6 nitrogen and oxygen atoms in total. The van der Waals surface area contributed by atoms with Crippen LogP contribution in [0.3, 0.4) is 0 Å². The number of pyridine rings is 1. The highest BCUT2D eigenvalue weighted by molar-refractivity contribution is 7.89. The smallest absolute Gasteiger partial charge is 0.304 e. The number of sulfonamides is 1. The van der Waals surface area contributed by atoms with Gasteiger partial charge in [-0.3, -0.25) is 9.78 Å². The highest BCUT2D eigenvalue weighted by atomic mass is 32.2. The summed E-state index contributed by atoms with van der Waals surface area (Å²) in [6, 6.07) is 5.26. The van der Waals surface area contributed by atoms with Crippen molar-refractivity contribution in [1.29, 1.82) is 0 Å². The van der Waals surface area contributed by atoms with E-state index in [1.807, 2.05) is 0 Å². The Balaban J connectivity index is 2.74. The van der Waals surface area contributed by atoms with Gasteiger partial charge in [0.25, 0.3) is 0 Å².